The van der Waals surface area contributed by atoms with Crippen molar-refractivity contribution in [2.24, 2.45) is 0 Å². The van der Waals surface area contributed by atoms with E-state index in [1.807, 2.05) is 12.1 Å². The van der Waals surface area contributed by atoms with E-state index in [9.17, 15) is 4.39 Å². The van der Waals surface area contributed by atoms with Gasteiger partial charge in [0.05, 0.1) is 11.5 Å². The number of halogens is 2. The van der Waals surface area contributed by atoms with Crippen molar-refractivity contribution in [3.05, 3.63) is 47.4 Å². The van der Waals surface area contributed by atoms with Crippen molar-refractivity contribution in [2.45, 2.75) is 37.1 Å². The van der Waals surface area contributed by atoms with Crippen molar-refractivity contribution in [3.8, 4) is 0 Å². The zero-order valence-corrected chi connectivity index (χ0v) is 15.2. The van der Waals surface area contributed by atoms with Crippen molar-refractivity contribution >= 4 is 12.4 Å². The van der Waals surface area contributed by atoms with E-state index in [0.29, 0.717) is 17.3 Å². The third kappa shape index (κ3) is 3.18. The molecule has 1 aromatic heterocycles. The van der Waals surface area contributed by atoms with E-state index in [4.69, 9.17) is 9.51 Å². The highest BCUT2D eigenvalue weighted by Gasteiger charge is 2.44. The van der Waals surface area contributed by atoms with Crippen molar-refractivity contribution in [1.29, 1.82) is 0 Å². The minimum absolute atomic E-state index is 0. The minimum Gasteiger partial charge on any atom is -0.338 e. The molecule has 136 valence electrons. The lowest BCUT2D eigenvalue weighted by atomic mass is 9.78. The van der Waals surface area contributed by atoms with Crippen LogP contribution in [0.5, 0.6) is 0 Å². The molecule has 1 aromatic carbocycles. The molecule has 0 spiro atoms. The molecule has 1 unspecified atom stereocenters. The number of piperazine rings is 1. The summed E-state index contributed by atoms with van der Waals surface area (Å²) in [4.78, 5) is 6.96. The second kappa shape index (κ2) is 7.40. The molecule has 1 saturated carbocycles. The molecule has 2 aliphatic rings. The van der Waals surface area contributed by atoms with Gasteiger partial charge in [-0.25, -0.2) is 4.39 Å². The zero-order chi connectivity index (χ0) is 16.6. The van der Waals surface area contributed by atoms with E-state index < -0.39 is 5.41 Å². The fourth-order valence-corrected chi connectivity index (χ4v) is 4.09. The summed E-state index contributed by atoms with van der Waals surface area (Å²) in [7, 11) is 2.07. The number of hydrogen-bond acceptors (Lipinski definition) is 5. The van der Waals surface area contributed by atoms with E-state index in [0.717, 1.165) is 45.3 Å². The fraction of sp³-hybridized carbons (Fsp3) is 0.556. The number of aromatic nitrogens is 2. The van der Waals surface area contributed by atoms with E-state index in [-0.39, 0.29) is 24.3 Å². The maximum absolute atomic E-state index is 14.5. The molecule has 0 bridgehead atoms. The van der Waals surface area contributed by atoms with E-state index >= 15 is 0 Å². The van der Waals surface area contributed by atoms with Gasteiger partial charge in [0.15, 0.2) is 5.82 Å². The van der Waals surface area contributed by atoms with Gasteiger partial charge in [-0.05, 0) is 26.0 Å². The highest BCUT2D eigenvalue weighted by atomic mass is 35.5. The van der Waals surface area contributed by atoms with Gasteiger partial charge in [-0.3, -0.25) is 4.90 Å². The molecule has 1 aliphatic heterocycles. The Kier molecular flexibility index (Phi) is 5.41. The number of benzene rings is 1. The van der Waals surface area contributed by atoms with Crippen LogP contribution in [0, 0.1) is 5.82 Å². The number of likely N-dealkylation sites (N-methyl/N-ethyl adjacent to an activating group) is 1. The molecule has 1 saturated heterocycles. The van der Waals surface area contributed by atoms with Crippen LogP contribution in [0.4, 0.5) is 4.39 Å². The van der Waals surface area contributed by atoms with Gasteiger partial charge in [0.2, 0.25) is 5.89 Å². The summed E-state index contributed by atoms with van der Waals surface area (Å²) >= 11 is 0. The highest BCUT2D eigenvalue weighted by Crippen LogP contribution is 2.46. The Morgan fingerprint density at radius 3 is 2.76 bits per heavy atom. The van der Waals surface area contributed by atoms with Gasteiger partial charge in [0, 0.05) is 25.2 Å². The van der Waals surface area contributed by atoms with E-state index in [1.54, 1.807) is 6.07 Å². The molecule has 2 aromatic rings. The quantitative estimate of drug-likeness (QED) is 0.904. The van der Waals surface area contributed by atoms with Crippen molar-refractivity contribution in [1.82, 2.24) is 20.4 Å². The average molecular weight is 367 g/mol. The Morgan fingerprint density at radius 2 is 2.04 bits per heavy atom. The van der Waals surface area contributed by atoms with Gasteiger partial charge in [0.25, 0.3) is 0 Å². The first-order valence-electron chi connectivity index (χ1n) is 8.71. The molecular formula is C18H24ClFN4O. The largest absolute Gasteiger partial charge is 0.338 e. The maximum atomic E-state index is 14.5. The van der Waals surface area contributed by atoms with Gasteiger partial charge in [-0.2, -0.15) is 4.98 Å². The van der Waals surface area contributed by atoms with E-state index in [1.165, 1.54) is 6.07 Å². The van der Waals surface area contributed by atoms with Gasteiger partial charge in [0.1, 0.15) is 5.82 Å². The van der Waals surface area contributed by atoms with Crippen molar-refractivity contribution in [3.63, 3.8) is 0 Å². The summed E-state index contributed by atoms with van der Waals surface area (Å²) in [5.41, 5.74) is 0.213. The molecule has 7 heteroatoms. The third-order valence-electron chi connectivity index (χ3n) is 5.51. The van der Waals surface area contributed by atoms with Crippen LogP contribution in [0.25, 0.3) is 0 Å². The lowest BCUT2D eigenvalue weighted by molar-refractivity contribution is 0.190. The number of rotatable bonds is 3. The first-order valence-corrected chi connectivity index (χ1v) is 8.71. The monoisotopic (exact) mass is 366 g/mol. The minimum atomic E-state index is -0.475. The van der Waals surface area contributed by atoms with Crippen LogP contribution in [-0.4, -0.2) is 41.7 Å². The third-order valence-corrected chi connectivity index (χ3v) is 5.51. The second-order valence-electron chi connectivity index (χ2n) is 6.93. The standard InChI is InChI=1S/C18H23FN4O.ClH/c1-23-11-10-20-12-15(23)16-21-17(24-22-16)18(8-4-5-9-18)13-6-2-3-7-14(13)19;/h2-3,6-7,15,20H,4-5,8-12H2,1H3;1H. The predicted octanol–water partition coefficient (Wildman–Crippen LogP) is 3.07. The smallest absolute Gasteiger partial charge is 0.237 e. The summed E-state index contributed by atoms with van der Waals surface area (Å²) in [6, 6.07) is 7.10. The number of nitrogens with zero attached hydrogens (tertiary/aromatic N) is 3. The van der Waals surface area contributed by atoms with Gasteiger partial charge in [-0.15, -0.1) is 12.4 Å². The molecule has 1 N–H and O–H groups in total. The lowest BCUT2D eigenvalue weighted by Gasteiger charge is -2.30. The molecule has 0 radical (unpaired) electrons. The molecule has 1 atom stereocenters. The van der Waals surface area contributed by atoms with Gasteiger partial charge >= 0.3 is 0 Å². The second-order valence-corrected chi connectivity index (χ2v) is 6.93. The Hall–Kier alpha value is -1.50. The van der Waals surface area contributed by atoms with E-state index in [2.05, 4.69) is 22.4 Å². The Morgan fingerprint density at radius 1 is 1.28 bits per heavy atom. The predicted molar refractivity (Wildman–Crippen MR) is 95.4 cm³/mol. The van der Waals surface area contributed by atoms with Gasteiger partial charge < -0.3 is 9.84 Å². The summed E-state index contributed by atoms with van der Waals surface area (Å²) in [5, 5.41) is 7.61. The molecule has 25 heavy (non-hydrogen) atoms. The molecule has 2 fully saturated rings. The SMILES string of the molecule is CN1CCNCC1c1noc(C2(c3ccccc3F)CCCC2)n1.Cl. The maximum Gasteiger partial charge on any atom is 0.237 e. The summed E-state index contributed by atoms with van der Waals surface area (Å²) in [5.74, 6) is 1.08. The van der Waals surface area contributed by atoms with Crippen LogP contribution in [0.2, 0.25) is 0 Å². The molecule has 1 aliphatic carbocycles. The molecule has 0 amide bonds. The van der Waals surface area contributed by atoms with Gasteiger partial charge in [-0.1, -0.05) is 36.2 Å². The summed E-state index contributed by atoms with van der Waals surface area (Å²) in [6.45, 7) is 2.73. The Bertz CT molecular complexity index is 717. The van der Waals surface area contributed by atoms with Crippen LogP contribution >= 0.6 is 12.4 Å². The van der Waals surface area contributed by atoms with Crippen LogP contribution in [0.15, 0.2) is 28.8 Å². The molecular weight excluding hydrogens is 343 g/mol. The highest BCUT2D eigenvalue weighted by molar-refractivity contribution is 5.85. The average Bonchev–Trinajstić information content (AvgIpc) is 3.26. The molecule has 2 heterocycles. The van der Waals surface area contributed by atoms with Crippen LogP contribution in [0.3, 0.4) is 0 Å². The first-order chi connectivity index (χ1) is 11.7. The lowest BCUT2D eigenvalue weighted by Crippen LogP contribution is -2.44. The number of hydrogen-bond donors (Lipinski definition) is 1. The van der Waals surface area contributed by atoms with Crippen LogP contribution in [0.1, 0.15) is 49.0 Å². The molecule has 4 rings (SSSR count). The topological polar surface area (TPSA) is 54.2 Å². The van der Waals surface area contributed by atoms with Crippen molar-refractivity contribution in [2.75, 3.05) is 26.7 Å². The Balaban J connectivity index is 0.00000182. The van der Waals surface area contributed by atoms with Crippen LogP contribution < -0.4 is 5.32 Å². The fourth-order valence-electron chi connectivity index (χ4n) is 4.09. The first kappa shape index (κ1) is 18.3. The number of nitrogens with one attached hydrogen (secondary N) is 1. The summed E-state index contributed by atoms with van der Waals surface area (Å²) in [6.07, 6.45) is 3.82. The normalized spacial score (nSPS) is 23.4. The van der Waals surface area contributed by atoms with Crippen molar-refractivity contribution < 1.29 is 8.91 Å². The summed E-state index contributed by atoms with van der Waals surface area (Å²) < 4.78 is 20.2. The molecule has 5 nitrogen and oxygen atoms in total. The Labute approximate surface area is 153 Å². The van der Waals surface area contributed by atoms with Crippen LogP contribution in [-0.2, 0) is 5.41 Å². The zero-order valence-electron chi connectivity index (χ0n) is 14.4.